The lowest BCUT2D eigenvalue weighted by atomic mass is 9.77. The number of allylic oxidation sites excluding steroid dienone is 1. The summed E-state index contributed by atoms with van der Waals surface area (Å²) in [7, 11) is 0. The molecule has 0 bridgehead atoms. The van der Waals surface area contributed by atoms with Gasteiger partial charge in [-0.3, -0.25) is 4.79 Å². The van der Waals surface area contributed by atoms with Crippen LogP contribution < -0.4 is 0 Å². The Morgan fingerprint density at radius 3 is 1.90 bits per heavy atom. The number of hydrogen-bond donors (Lipinski definition) is 0. The summed E-state index contributed by atoms with van der Waals surface area (Å²) >= 11 is 0. The summed E-state index contributed by atoms with van der Waals surface area (Å²) in [6.45, 7) is 0.810. The Morgan fingerprint density at radius 2 is 1.27 bits per heavy atom. The molecule has 4 nitrogen and oxygen atoms in total. The molecule has 0 amide bonds. The van der Waals surface area contributed by atoms with Crippen LogP contribution in [0.3, 0.4) is 0 Å². The van der Waals surface area contributed by atoms with E-state index in [1.54, 1.807) is 0 Å². The van der Waals surface area contributed by atoms with Gasteiger partial charge in [-0.15, -0.1) is 0 Å². The first-order chi connectivity index (χ1) is 20.2. The average Bonchev–Trinajstić information content (AvgIpc) is 3.72. The van der Waals surface area contributed by atoms with E-state index in [2.05, 4.69) is 114 Å². The number of aromatic nitrogens is 3. The lowest BCUT2D eigenvalue weighted by Crippen LogP contribution is -2.36. The van der Waals surface area contributed by atoms with Crippen LogP contribution in [-0.2, 0) is 12.1 Å². The fraction of sp³-hybridized carbons (Fsp3) is 0.0811. The van der Waals surface area contributed by atoms with Crippen molar-refractivity contribution in [2.75, 3.05) is 0 Å². The van der Waals surface area contributed by atoms with Crippen molar-refractivity contribution in [1.82, 2.24) is 14.1 Å². The van der Waals surface area contributed by atoms with Gasteiger partial charge in [0.05, 0.1) is 17.7 Å². The van der Waals surface area contributed by atoms with Crippen molar-refractivity contribution in [3.63, 3.8) is 0 Å². The van der Waals surface area contributed by atoms with Crippen molar-refractivity contribution in [3.05, 3.63) is 180 Å². The molecule has 6 aromatic rings. The molecule has 0 fully saturated rings. The number of ketones is 1. The van der Waals surface area contributed by atoms with E-state index in [0.29, 0.717) is 6.42 Å². The number of carbonyl (C=O) groups is 1. The lowest BCUT2D eigenvalue weighted by Gasteiger charge is -2.37. The third-order valence-corrected chi connectivity index (χ3v) is 8.09. The average molecular weight is 532 g/mol. The van der Waals surface area contributed by atoms with Crippen LogP contribution in [0.5, 0.6) is 0 Å². The summed E-state index contributed by atoms with van der Waals surface area (Å²) in [6, 6.07) is 43.8. The number of benzene rings is 4. The molecule has 0 atom stereocenters. The molecule has 0 saturated carbocycles. The normalized spacial score (nSPS) is 14.2. The molecule has 0 radical (unpaired) electrons. The third-order valence-electron chi connectivity index (χ3n) is 8.09. The number of hydrogen-bond acceptors (Lipinski definition) is 2. The van der Waals surface area contributed by atoms with Gasteiger partial charge < -0.3 is 9.13 Å². The van der Waals surface area contributed by atoms with E-state index < -0.39 is 5.54 Å². The number of carbonyl (C=O) groups excluding carboxylic acids is 1. The Balaban J connectivity index is 1.39. The van der Waals surface area contributed by atoms with Gasteiger partial charge in [0.25, 0.3) is 0 Å². The van der Waals surface area contributed by atoms with E-state index in [9.17, 15) is 4.79 Å². The van der Waals surface area contributed by atoms with E-state index in [0.717, 1.165) is 51.3 Å². The largest absolute Gasteiger partial charge is 0.344 e. The Bertz CT molecular complexity index is 1750. The van der Waals surface area contributed by atoms with Crippen molar-refractivity contribution in [1.29, 1.82) is 0 Å². The fourth-order valence-electron chi connectivity index (χ4n) is 6.15. The highest BCUT2D eigenvalue weighted by Crippen LogP contribution is 2.41. The van der Waals surface area contributed by atoms with Gasteiger partial charge in [-0.05, 0) is 46.9 Å². The third kappa shape index (κ3) is 4.25. The Morgan fingerprint density at radius 1 is 0.683 bits per heavy atom. The molecule has 3 heterocycles. The van der Waals surface area contributed by atoms with Crippen LogP contribution in [0.25, 0.3) is 17.3 Å². The summed E-state index contributed by atoms with van der Waals surface area (Å²) in [5, 5.41) is 0. The molecule has 0 spiro atoms. The van der Waals surface area contributed by atoms with E-state index in [1.807, 2.05) is 47.4 Å². The van der Waals surface area contributed by atoms with Crippen LogP contribution in [0.15, 0.2) is 152 Å². The molecular weight excluding hydrogens is 502 g/mol. The molecule has 2 aromatic heterocycles. The van der Waals surface area contributed by atoms with Crippen LogP contribution in [0.2, 0.25) is 0 Å². The molecule has 4 heteroatoms. The van der Waals surface area contributed by atoms with Crippen molar-refractivity contribution in [3.8, 4) is 11.3 Å². The molecule has 198 valence electrons. The molecule has 0 aliphatic carbocycles. The van der Waals surface area contributed by atoms with Crippen LogP contribution in [0.1, 0.15) is 39.2 Å². The smallest absolute Gasteiger partial charge is 0.205 e. The van der Waals surface area contributed by atoms with Crippen LogP contribution >= 0.6 is 0 Å². The molecule has 0 unspecified atom stereocenters. The second-order valence-corrected chi connectivity index (χ2v) is 10.4. The summed E-state index contributed by atoms with van der Waals surface area (Å²) in [5.74, 6) is 0.0952. The van der Waals surface area contributed by atoms with Crippen LogP contribution in [-0.4, -0.2) is 19.9 Å². The number of Topliss-reactive ketones (excluding diaryl/α,β-unsaturated/α-hetero) is 1. The summed E-state index contributed by atoms with van der Waals surface area (Å²) in [4.78, 5) is 18.2. The highest BCUT2D eigenvalue weighted by Gasteiger charge is 2.38. The second kappa shape index (κ2) is 10.4. The lowest BCUT2D eigenvalue weighted by molar-refractivity contribution is 0.101. The Labute approximate surface area is 239 Å². The number of nitrogens with zero attached hydrogens (tertiary/aromatic N) is 3. The minimum absolute atomic E-state index is 0.0952. The topological polar surface area (TPSA) is 39.8 Å². The zero-order chi connectivity index (χ0) is 27.6. The molecular formula is C37H29N3O. The summed E-state index contributed by atoms with van der Waals surface area (Å²) in [6.07, 6.45) is 8.81. The number of aryl methyl sites for hydroxylation is 1. The number of imidazole rings is 1. The SMILES string of the molecule is O=C1/C(=C/c2ccccc2-c2cn(C(c3ccccc3)(c3ccccc3)c3ccccc3)cn2)CCn2cccc21. The molecule has 7 rings (SSSR count). The van der Waals surface area contributed by atoms with Crippen molar-refractivity contribution < 1.29 is 4.79 Å². The minimum Gasteiger partial charge on any atom is -0.344 e. The maximum absolute atomic E-state index is 13.2. The first kappa shape index (κ1) is 24.8. The summed E-state index contributed by atoms with van der Waals surface area (Å²) < 4.78 is 4.26. The van der Waals surface area contributed by atoms with E-state index in [4.69, 9.17) is 4.98 Å². The number of fused-ring (bicyclic) bond motifs is 1. The van der Waals surface area contributed by atoms with Gasteiger partial charge in [0.15, 0.2) is 0 Å². The highest BCUT2D eigenvalue weighted by molar-refractivity contribution is 6.11. The predicted octanol–water partition coefficient (Wildman–Crippen LogP) is 7.86. The fourth-order valence-corrected chi connectivity index (χ4v) is 6.15. The van der Waals surface area contributed by atoms with E-state index in [1.165, 1.54) is 0 Å². The van der Waals surface area contributed by atoms with Crippen LogP contribution in [0, 0.1) is 0 Å². The van der Waals surface area contributed by atoms with E-state index in [-0.39, 0.29) is 5.78 Å². The van der Waals surface area contributed by atoms with Gasteiger partial charge in [-0.2, -0.15) is 0 Å². The predicted molar refractivity (Wildman–Crippen MR) is 164 cm³/mol. The Hall–Kier alpha value is -5.22. The van der Waals surface area contributed by atoms with Gasteiger partial charge in [0.1, 0.15) is 5.54 Å². The number of rotatable bonds is 6. The zero-order valence-corrected chi connectivity index (χ0v) is 22.6. The van der Waals surface area contributed by atoms with E-state index >= 15 is 0 Å². The van der Waals surface area contributed by atoms with Gasteiger partial charge in [0.2, 0.25) is 5.78 Å². The van der Waals surface area contributed by atoms with Crippen molar-refractivity contribution in [2.24, 2.45) is 0 Å². The molecule has 0 N–H and O–H groups in total. The van der Waals surface area contributed by atoms with Gasteiger partial charge >= 0.3 is 0 Å². The minimum atomic E-state index is -0.632. The van der Waals surface area contributed by atoms with Crippen molar-refractivity contribution >= 4 is 11.9 Å². The maximum Gasteiger partial charge on any atom is 0.205 e. The zero-order valence-electron chi connectivity index (χ0n) is 22.6. The molecule has 0 saturated heterocycles. The molecule has 1 aliphatic rings. The Kier molecular flexibility index (Phi) is 6.29. The van der Waals surface area contributed by atoms with Gasteiger partial charge in [-0.25, -0.2) is 4.98 Å². The summed E-state index contributed by atoms with van der Waals surface area (Å²) in [5.41, 5.74) is 7.23. The van der Waals surface area contributed by atoms with Gasteiger partial charge in [0, 0.05) is 30.1 Å². The van der Waals surface area contributed by atoms with Gasteiger partial charge in [-0.1, -0.05) is 115 Å². The second-order valence-electron chi connectivity index (χ2n) is 10.4. The molecule has 4 aromatic carbocycles. The molecule has 1 aliphatic heterocycles. The van der Waals surface area contributed by atoms with Crippen LogP contribution in [0.4, 0.5) is 0 Å². The highest BCUT2D eigenvalue weighted by atomic mass is 16.1. The first-order valence-electron chi connectivity index (χ1n) is 14.0. The maximum atomic E-state index is 13.2. The molecule has 41 heavy (non-hydrogen) atoms. The van der Waals surface area contributed by atoms with Crippen molar-refractivity contribution in [2.45, 2.75) is 18.5 Å². The first-order valence-corrected chi connectivity index (χ1v) is 14.0. The standard InChI is InChI=1S/C37H29N3O/c41-36-29(22-24-39-23-12-21-35(36)39)25-28-13-10-11-20-33(28)34-26-40(27-38-34)37(30-14-4-1-5-15-30,31-16-6-2-7-17-31)32-18-8-3-9-19-32/h1-21,23,25-27H,22,24H2/b29-25+. The monoisotopic (exact) mass is 531 g/mol. The quantitative estimate of drug-likeness (QED) is 0.162.